The fourth-order valence-corrected chi connectivity index (χ4v) is 3.22. The molecule has 2 heterocycles. The molecule has 5 heteroatoms. The molecule has 1 aliphatic rings. The minimum absolute atomic E-state index is 0.523. The summed E-state index contributed by atoms with van der Waals surface area (Å²) in [6.07, 6.45) is 1.10. The summed E-state index contributed by atoms with van der Waals surface area (Å²) in [5.41, 5.74) is 1.19. The van der Waals surface area contributed by atoms with Gasteiger partial charge in [-0.2, -0.15) is 0 Å². The topological polar surface area (TPSA) is 31.4 Å². The molecule has 1 fully saturated rings. The summed E-state index contributed by atoms with van der Waals surface area (Å²) < 4.78 is 0. The smallest absolute Gasteiger partial charge is 0.0941 e. The minimum atomic E-state index is 0.523. The molecule has 1 aromatic rings. The Bertz CT molecular complexity index is 383. The number of nitrogens with zero attached hydrogens (tertiary/aromatic N) is 3. The predicted molar refractivity (Wildman–Crippen MR) is 86.3 cm³/mol. The summed E-state index contributed by atoms with van der Waals surface area (Å²) in [6, 6.07) is 0.523. The van der Waals surface area contributed by atoms with Gasteiger partial charge in [0.15, 0.2) is 0 Å². The van der Waals surface area contributed by atoms with Gasteiger partial charge in [-0.3, -0.25) is 0 Å². The van der Waals surface area contributed by atoms with E-state index in [1.165, 1.54) is 43.4 Å². The van der Waals surface area contributed by atoms with E-state index in [0.29, 0.717) is 6.04 Å². The third-order valence-corrected chi connectivity index (χ3v) is 4.80. The van der Waals surface area contributed by atoms with E-state index in [9.17, 15) is 0 Å². The first-order chi connectivity index (χ1) is 9.67. The van der Waals surface area contributed by atoms with Crippen LogP contribution in [0, 0.1) is 0 Å². The maximum atomic E-state index is 4.72. The number of aromatic nitrogens is 1. The number of nitrogens with one attached hydrogen (secondary N) is 1. The summed E-state index contributed by atoms with van der Waals surface area (Å²) in [5, 5.41) is 6.90. The monoisotopic (exact) mass is 296 g/mol. The van der Waals surface area contributed by atoms with E-state index in [1.54, 1.807) is 11.3 Å². The van der Waals surface area contributed by atoms with Crippen molar-refractivity contribution in [3.8, 4) is 0 Å². The van der Waals surface area contributed by atoms with Gasteiger partial charge in [-0.1, -0.05) is 20.8 Å². The van der Waals surface area contributed by atoms with Crippen molar-refractivity contribution in [1.29, 1.82) is 0 Å². The maximum absolute atomic E-state index is 4.72. The van der Waals surface area contributed by atoms with E-state index in [2.05, 4.69) is 41.3 Å². The lowest BCUT2D eigenvalue weighted by Crippen LogP contribution is -2.46. The molecule has 0 aliphatic carbocycles. The van der Waals surface area contributed by atoms with Crippen LogP contribution in [0.4, 0.5) is 0 Å². The second-order valence-electron chi connectivity index (χ2n) is 5.79. The lowest BCUT2D eigenvalue weighted by molar-refractivity contribution is 0.138. The third-order valence-electron chi connectivity index (χ3n) is 3.84. The van der Waals surface area contributed by atoms with Gasteiger partial charge in [0.1, 0.15) is 0 Å². The first kappa shape index (κ1) is 15.9. The summed E-state index contributed by atoms with van der Waals surface area (Å²) in [7, 11) is 0. The van der Waals surface area contributed by atoms with Gasteiger partial charge in [0.05, 0.1) is 10.7 Å². The Kier molecular flexibility index (Phi) is 6.42. The molecular formula is C15H28N4S. The number of hydrogen-bond donors (Lipinski definition) is 1. The molecule has 1 saturated heterocycles. The molecule has 20 heavy (non-hydrogen) atoms. The van der Waals surface area contributed by atoms with Crippen molar-refractivity contribution in [2.75, 3.05) is 39.3 Å². The van der Waals surface area contributed by atoms with Gasteiger partial charge in [0.25, 0.3) is 0 Å². The Hall–Kier alpha value is -0.490. The van der Waals surface area contributed by atoms with Gasteiger partial charge in [-0.05, 0) is 6.54 Å². The van der Waals surface area contributed by atoms with Crippen molar-refractivity contribution in [2.24, 2.45) is 0 Å². The van der Waals surface area contributed by atoms with Crippen molar-refractivity contribution in [2.45, 2.75) is 39.8 Å². The molecule has 0 saturated carbocycles. The van der Waals surface area contributed by atoms with Crippen LogP contribution in [0.25, 0.3) is 0 Å². The Labute approximate surface area is 127 Å². The molecule has 0 unspecified atom stereocenters. The van der Waals surface area contributed by atoms with Gasteiger partial charge in [0.2, 0.25) is 0 Å². The minimum Gasteiger partial charge on any atom is -0.309 e. The Balaban J connectivity index is 1.69. The van der Waals surface area contributed by atoms with Gasteiger partial charge in [-0.15, -0.1) is 11.3 Å². The molecule has 0 radical (unpaired) electrons. The predicted octanol–water partition coefficient (Wildman–Crippen LogP) is 1.82. The standard InChI is InChI=1S/C15H28N4S/c1-4-18-7-9-19(10-8-18)6-5-15-17-14(12-20-15)11-16-13(2)3/h12-13,16H,4-11H2,1-3H3. The highest BCUT2D eigenvalue weighted by Crippen LogP contribution is 2.12. The Morgan fingerprint density at radius 3 is 2.60 bits per heavy atom. The van der Waals surface area contributed by atoms with E-state index in [4.69, 9.17) is 4.98 Å². The molecule has 1 N–H and O–H groups in total. The first-order valence-corrected chi connectivity index (χ1v) is 8.66. The number of hydrogen-bond acceptors (Lipinski definition) is 5. The average Bonchev–Trinajstić information content (AvgIpc) is 2.91. The normalized spacial score (nSPS) is 18.0. The van der Waals surface area contributed by atoms with Crippen molar-refractivity contribution in [1.82, 2.24) is 20.1 Å². The van der Waals surface area contributed by atoms with E-state index >= 15 is 0 Å². The Morgan fingerprint density at radius 1 is 1.25 bits per heavy atom. The van der Waals surface area contributed by atoms with E-state index < -0.39 is 0 Å². The van der Waals surface area contributed by atoms with Crippen LogP contribution in [0.3, 0.4) is 0 Å². The lowest BCUT2D eigenvalue weighted by Gasteiger charge is -2.33. The van der Waals surface area contributed by atoms with Crippen molar-refractivity contribution < 1.29 is 0 Å². The van der Waals surface area contributed by atoms with Crippen molar-refractivity contribution >= 4 is 11.3 Å². The van der Waals surface area contributed by atoms with Gasteiger partial charge >= 0.3 is 0 Å². The second-order valence-corrected chi connectivity index (χ2v) is 6.74. The zero-order chi connectivity index (χ0) is 14.4. The number of piperazine rings is 1. The van der Waals surface area contributed by atoms with Gasteiger partial charge in [-0.25, -0.2) is 4.98 Å². The van der Waals surface area contributed by atoms with Crippen LogP contribution in [-0.4, -0.2) is 60.1 Å². The van der Waals surface area contributed by atoms with Crippen LogP contribution in [-0.2, 0) is 13.0 Å². The highest BCUT2D eigenvalue weighted by Gasteiger charge is 2.15. The SMILES string of the molecule is CCN1CCN(CCc2nc(CNC(C)C)cs2)CC1. The largest absolute Gasteiger partial charge is 0.309 e. The van der Waals surface area contributed by atoms with Crippen molar-refractivity contribution in [3.05, 3.63) is 16.1 Å². The summed E-state index contributed by atoms with van der Waals surface area (Å²) in [5.74, 6) is 0. The van der Waals surface area contributed by atoms with Crippen LogP contribution < -0.4 is 5.32 Å². The number of thiazole rings is 1. The Morgan fingerprint density at radius 2 is 1.95 bits per heavy atom. The summed E-state index contributed by atoms with van der Waals surface area (Å²) in [4.78, 5) is 9.81. The molecule has 2 rings (SSSR count). The summed E-state index contributed by atoms with van der Waals surface area (Å²) in [6.45, 7) is 14.7. The van der Waals surface area contributed by atoms with Crippen LogP contribution in [0.15, 0.2) is 5.38 Å². The van der Waals surface area contributed by atoms with E-state index in [0.717, 1.165) is 19.5 Å². The molecule has 0 atom stereocenters. The molecule has 1 aromatic heterocycles. The van der Waals surface area contributed by atoms with Crippen LogP contribution >= 0.6 is 11.3 Å². The van der Waals surface area contributed by atoms with Crippen LogP contribution in [0.1, 0.15) is 31.5 Å². The van der Waals surface area contributed by atoms with E-state index in [1.807, 2.05) is 0 Å². The molecule has 4 nitrogen and oxygen atoms in total. The molecule has 1 aliphatic heterocycles. The summed E-state index contributed by atoms with van der Waals surface area (Å²) >= 11 is 1.81. The van der Waals surface area contributed by atoms with E-state index in [-0.39, 0.29) is 0 Å². The van der Waals surface area contributed by atoms with Crippen LogP contribution in [0.5, 0.6) is 0 Å². The zero-order valence-corrected chi connectivity index (χ0v) is 13.9. The maximum Gasteiger partial charge on any atom is 0.0941 e. The fourth-order valence-electron chi connectivity index (χ4n) is 2.44. The van der Waals surface area contributed by atoms with Crippen molar-refractivity contribution in [3.63, 3.8) is 0 Å². The van der Waals surface area contributed by atoms with Crippen LogP contribution in [0.2, 0.25) is 0 Å². The molecule has 0 spiro atoms. The average molecular weight is 296 g/mol. The van der Waals surface area contributed by atoms with Gasteiger partial charge < -0.3 is 15.1 Å². The lowest BCUT2D eigenvalue weighted by atomic mass is 10.3. The molecule has 114 valence electrons. The highest BCUT2D eigenvalue weighted by molar-refractivity contribution is 7.09. The zero-order valence-electron chi connectivity index (χ0n) is 13.1. The second kappa shape index (κ2) is 8.08. The number of likely N-dealkylation sites (N-methyl/N-ethyl adjacent to an activating group) is 1. The quantitative estimate of drug-likeness (QED) is 0.832. The number of rotatable bonds is 7. The highest BCUT2D eigenvalue weighted by atomic mass is 32.1. The molecular weight excluding hydrogens is 268 g/mol. The third kappa shape index (κ3) is 5.13. The van der Waals surface area contributed by atoms with Gasteiger partial charge in [0, 0.05) is 57.1 Å². The molecule has 0 aromatic carbocycles. The molecule has 0 bridgehead atoms. The first-order valence-electron chi connectivity index (χ1n) is 7.78. The molecule has 0 amide bonds. The fraction of sp³-hybridized carbons (Fsp3) is 0.800.